The summed E-state index contributed by atoms with van der Waals surface area (Å²) in [4.78, 5) is 15.8. The molecule has 4 aromatic rings. The van der Waals surface area contributed by atoms with Gasteiger partial charge in [0.15, 0.2) is 9.84 Å². The predicted octanol–water partition coefficient (Wildman–Crippen LogP) is 6.99. The number of hydrogen-bond acceptors (Lipinski definition) is 9. The van der Waals surface area contributed by atoms with Crippen LogP contribution in [0.5, 0.6) is 23.0 Å². The largest absolute Gasteiger partial charge is 0.506 e. The van der Waals surface area contributed by atoms with Crippen molar-refractivity contribution in [1.82, 2.24) is 0 Å². The molecule has 246 valence electrons. The van der Waals surface area contributed by atoms with Gasteiger partial charge in [0.1, 0.15) is 47.2 Å². The van der Waals surface area contributed by atoms with E-state index >= 15 is 4.39 Å². The molecule has 1 atom stereocenters. The number of thiophene rings is 1. The number of carbonyl (C=O) groups excluding carboxylic acids is 1. The highest BCUT2D eigenvalue weighted by Crippen LogP contribution is 2.52. The van der Waals surface area contributed by atoms with Crippen molar-refractivity contribution in [3.05, 3.63) is 105 Å². The number of aromatic hydroxyl groups is 1. The van der Waals surface area contributed by atoms with Gasteiger partial charge in [-0.05, 0) is 76.7 Å². The average Bonchev–Trinajstić information content (AvgIpc) is 3.48. The van der Waals surface area contributed by atoms with E-state index in [9.17, 15) is 18.3 Å². The van der Waals surface area contributed by atoms with Gasteiger partial charge in [-0.15, -0.1) is 0 Å². The number of anilines is 2. The van der Waals surface area contributed by atoms with Crippen LogP contribution < -0.4 is 24.4 Å². The molecule has 2 aliphatic rings. The Balaban J connectivity index is 1.54. The number of ether oxygens (including phenoxy) is 3. The lowest BCUT2D eigenvalue weighted by molar-refractivity contribution is -0.118. The Labute approximate surface area is 277 Å². The van der Waals surface area contributed by atoms with Crippen LogP contribution in [0.4, 0.5) is 15.8 Å². The summed E-state index contributed by atoms with van der Waals surface area (Å²) in [6.07, 6.45) is 0.0323. The highest BCUT2D eigenvalue weighted by molar-refractivity contribution is 7.95. The maximum absolute atomic E-state index is 16.4. The quantitative estimate of drug-likeness (QED) is 0.192. The molecule has 9 nitrogen and oxygen atoms in total. The number of nitrogens with one attached hydrogen (secondary N) is 1. The van der Waals surface area contributed by atoms with E-state index in [1.807, 2.05) is 30.7 Å². The number of carbonyl (C=O) groups is 1. The molecule has 0 radical (unpaired) electrons. The maximum Gasteiger partial charge on any atom is 0.232 e. The van der Waals surface area contributed by atoms with Crippen molar-refractivity contribution in [1.29, 1.82) is 0 Å². The third-order valence-electron chi connectivity index (χ3n) is 8.28. The number of fused-ring (bicyclic) bond motifs is 1. The summed E-state index contributed by atoms with van der Waals surface area (Å²) >= 11 is 1.52. The Morgan fingerprint density at radius 2 is 1.87 bits per heavy atom. The fraction of sp³-hybridized carbons (Fsp3) is 0.286. The molecule has 47 heavy (non-hydrogen) atoms. The zero-order valence-corrected chi connectivity index (χ0v) is 28.0. The van der Waals surface area contributed by atoms with E-state index < -0.39 is 33.0 Å². The number of phenols is 1. The Morgan fingerprint density at radius 1 is 1.09 bits per heavy atom. The first-order valence-corrected chi connectivity index (χ1v) is 17.5. The second kappa shape index (κ2) is 12.6. The van der Waals surface area contributed by atoms with Crippen molar-refractivity contribution in [3.63, 3.8) is 0 Å². The van der Waals surface area contributed by atoms with Crippen LogP contribution in [-0.2, 0) is 27.7 Å². The molecule has 0 saturated carbocycles. The molecule has 3 heterocycles. The molecule has 0 saturated heterocycles. The number of nitrogens with zero attached hydrogens (tertiary/aromatic N) is 1. The predicted molar refractivity (Wildman–Crippen MR) is 179 cm³/mol. The normalized spacial score (nSPS) is 18.0. The van der Waals surface area contributed by atoms with Crippen LogP contribution in [0.2, 0.25) is 0 Å². The number of halogens is 1. The standard InChI is InChI=1S/C35H35FN2O7S2/c1-35(2)17-27-34(47(41,42)20-35)33(25-10-8-24(16-26(25)36)45-18-21-12-13-46-19-21)38(28-6-5-7-29(39)32(28)37-27)31(40)15-22-14-23(43-3)9-11-30(22)44-4/h5-14,16,19,33,37,39H,15,17-18,20H2,1-4H3/t33-/m0/s1. The molecular formula is C35H35FN2O7S2. The summed E-state index contributed by atoms with van der Waals surface area (Å²) in [5.74, 6) is -0.537. The summed E-state index contributed by atoms with van der Waals surface area (Å²) < 4.78 is 61.6. The van der Waals surface area contributed by atoms with Crippen LogP contribution >= 0.6 is 11.3 Å². The minimum Gasteiger partial charge on any atom is -0.506 e. The van der Waals surface area contributed by atoms with Crippen molar-refractivity contribution in [2.24, 2.45) is 5.41 Å². The van der Waals surface area contributed by atoms with E-state index in [1.165, 1.54) is 48.7 Å². The van der Waals surface area contributed by atoms with Crippen LogP contribution in [0.1, 0.15) is 43.0 Å². The number of benzene rings is 3. The van der Waals surface area contributed by atoms with Crippen molar-refractivity contribution in [2.45, 2.75) is 39.3 Å². The Hall–Kier alpha value is -4.55. The highest BCUT2D eigenvalue weighted by Gasteiger charge is 2.47. The molecular weight excluding hydrogens is 644 g/mol. The molecule has 1 aromatic heterocycles. The van der Waals surface area contributed by atoms with E-state index in [4.69, 9.17) is 14.2 Å². The van der Waals surface area contributed by atoms with E-state index in [2.05, 4.69) is 5.32 Å². The summed E-state index contributed by atoms with van der Waals surface area (Å²) in [7, 11) is -1.09. The molecule has 0 bridgehead atoms. The Bertz CT molecular complexity index is 1970. The van der Waals surface area contributed by atoms with Gasteiger partial charge in [0, 0.05) is 22.9 Å². The third-order valence-corrected chi connectivity index (χ3v) is 11.3. The fourth-order valence-corrected chi connectivity index (χ4v) is 9.30. The number of sulfone groups is 1. The van der Waals surface area contributed by atoms with E-state index in [0.29, 0.717) is 22.8 Å². The third kappa shape index (κ3) is 6.39. The first kappa shape index (κ1) is 32.4. The van der Waals surface area contributed by atoms with Crippen LogP contribution in [-0.4, -0.2) is 39.4 Å². The Kier molecular flexibility index (Phi) is 8.66. The van der Waals surface area contributed by atoms with Crippen molar-refractivity contribution in [2.75, 3.05) is 30.2 Å². The van der Waals surface area contributed by atoms with Gasteiger partial charge in [-0.3, -0.25) is 9.69 Å². The van der Waals surface area contributed by atoms with Crippen molar-refractivity contribution >= 4 is 38.5 Å². The van der Waals surface area contributed by atoms with Gasteiger partial charge in [-0.2, -0.15) is 11.3 Å². The van der Waals surface area contributed by atoms with Crippen LogP contribution in [0.15, 0.2) is 82.0 Å². The summed E-state index contributed by atoms with van der Waals surface area (Å²) in [5, 5.41) is 18.1. The van der Waals surface area contributed by atoms with Gasteiger partial charge in [-0.1, -0.05) is 19.9 Å². The monoisotopic (exact) mass is 678 g/mol. The van der Waals surface area contributed by atoms with Gasteiger partial charge in [0.25, 0.3) is 0 Å². The number of allylic oxidation sites excluding steroid dienone is 1. The van der Waals surface area contributed by atoms with Gasteiger partial charge < -0.3 is 24.6 Å². The van der Waals surface area contributed by atoms with Crippen LogP contribution in [0.3, 0.4) is 0 Å². The van der Waals surface area contributed by atoms with Crippen LogP contribution in [0, 0.1) is 11.2 Å². The minimum atomic E-state index is -4.07. The SMILES string of the molecule is COc1ccc(OC)c(CC(=O)N2c3cccc(O)c3NC3=C([C@@H]2c2ccc(OCc4ccsc4)cc2F)S(=O)(=O)CC(C)(C)C3)c1. The molecule has 0 aliphatic carbocycles. The first-order chi connectivity index (χ1) is 22.4. The molecule has 3 aromatic carbocycles. The fourth-order valence-electron chi connectivity index (χ4n) is 6.29. The minimum absolute atomic E-state index is 0.0346. The molecule has 2 N–H and O–H groups in total. The maximum atomic E-state index is 16.4. The summed E-state index contributed by atoms with van der Waals surface area (Å²) in [6, 6.07) is 14.4. The highest BCUT2D eigenvalue weighted by atomic mass is 32.2. The van der Waals surface area contributed by atoms with E-state index in [-0.39, 0.29) is 58.5 Å². The molecule has 1 amide bonds. The summed E-state index contributed by atoms with van der Waals surface area (Å²) in [6.45, 7) is 3.90. The second-order valence-electron chi connectivity index (χ2n) is 12.4. The lowest BCUT2D eigenvalue weighted by Gasteiger charge is -2.37. The van der Waals surface area contributed by atoms with Crippen LogP contribution in [0.25, 0.3) is 0 Å². The smallest absolute Gasteiger partial charge is 0.232 e. The Morgan fingerprint density at radius 3 is 2.57 bits per heavy atom. The van der Waals surface area contributed by atoms with E-state index in [1.54, 1.807) is 36.4 Å². The first-order valence-electron chi connectivity index (χ1n) is 14.9. The van der Waals surface area contributed by atoms with Crippen molar-refractivity contribution in [3.8, 4) is 23.0 Å². The molecule has 12 heteroatoms. The van der Waals surface area contributed by atoms with Crippen molar-refractivity contribution < 1.29 is 36.9 Å². The van der Waals surface area contributed by atoms with Gasteiger partial charge in [0.05, 0.1) is 37.0 Å². The lowest BCUT2D eigenvalue weighted by Crippen LogP contribution is -2.42. The second-order valence-corrected chi connectivity index (χ2v) is 15.1. The van der Waals surface area contributed by atoms with Gasteiger partial charge >= 0.3 is 0 Å². The molecule has 2 aliphatic heterocycles. The number of amides is 1. The topological polar surface area (TPSA) is 114 Å². The number of methoxy groups -OCH3 is 2. The zero-order chi connectivity index (χ0) is 33.5. The number of rotatable bonds is 8. The lowest BCUT2D eigenvalue weighted by atomic mass is 9.88. The number of hydrogen-bond donors (Lipinski definition) is 2. The number of para-hydroxylation sites is 1. The molecule has 6 rings (SSSR count). The molecule has 0 spiro atoms. The van der Waals surface area contributed by atoms with Gasteiger partial charge in [-0.25, -0.2) is 12.8 Å². The number of phenolic OH excluding ortho intramolecular Hbond substituents is 1. The molecule has 0 fully saturated rings. The zero-order valence-electron chi connectivity index (χ0n) is 26.4. The van der Waals surface area contributed by atoms with Gasteiger partial charge in [0.2, 0.25) is 5.91 Å². The average molecular weight is 679 g/mol. The summed E-state index contributed by atoms with van der Waals surface area (Å²) in [5.41, 5.74) is 1.34. The van der Waals surface area contributed by atoms with E-state index in [0.717, 1.165) is 5.56 Å². The molecule has 0 unspecified atom stereocenters.